The summed E-state index contributed by atoms with van der Waals surface area (Å²) in [6, 6.07) is -0.419. The van der Waals surface area contributed by atoms with Gasteiger partial charge in [0, 0.05) is 29.8 Å². The van der Waals surface area contributed by atoms with E-state index in [0.717, 1.165) is 23.5 Å². The summed E-state index contributed by atoms with van der Waals surface area (Å²) in [4.78, 5) is 28.2. The van der Waals surface area contributed by atoms with Crippen LogP contribution in [0.4, 0.5) is 0 Å². The number of aromatic nitrogens is 1. The summed E-state index contributed by atoms with van der Waals surface area (Å²) in [5.41, 5.74) is 1.04. The van der Waals surface area contributed by atoms with Gasteiger partial charge in [-0.05, 0) is 27.2 Å². The molecule has 1 aliphatic rings. The molecule has 2 N–H and O–H groups in total. The number of aryl methyl sites for hydroxylation is 2. The fourth-order valence-corrected chi connectivity index (χ4v) is 3.79. The van der Waals surface area contributed by atoms with Gasteiger partial charge in [0.1, 0.15) is 6.04 Å². The van der Waals surface area contributed by atoms with E-state index in [1.807, 2.05) is 26.2 Å². The molecule has 1 aromatic heterocycles. The molecule has 1 fully saturated rings. The van der Waals surface area contributed by atoms with Crippen molar-refractivity contribution >= 4 is 34.9 Å². The molecule has 21 heavy (non-hydrogen) atoms. The van der Waals surface area contributed by atoms with E-state index in [2.05, 4.69) is 15.6 Å². The summed E-state index contributed by atoms with van der Waals surface area (Å²) in [5.74, 6) is 0.454. The second-order valence-corrected chi connectivity index (χ2v) is 8.21. The standard InChI is InChI=1S/C14H21N3O2S2/c1-9-7-20-11(16-9)5-4-6-15-12(18)10-8-21-14(2,3)13(19)17-10/h7,10H,4-6,8H2,1-3H3,(H,15,18)(H,17,19). The average Bonchev–Trinajstić information content (AvgIpc) is 2.83. The highest BCUT2D eigenvalue weighted by molar-refractivity contribution is 8.01. The van der Waals surface area contributed by atoms with E-state index < -0.39 is 10.8 Å². The summed E-state index contributed by atoms with van der Waals surface area (Å²) < 4.78 is -0.445. The normalized spacial score (nSPS) is 20.9. The Hall–Kier alpha value is -1.08. The maximum Gasteiger partial charge on any atom is 0.243 e. The smallest absolute Gasteiger partial charge is 0.243 e. The number of thioether (sulfide) groups is 1. The maximum absolute atomic E-state index is 12.0. The van der Waals surface area contributed by atoms with Crippen LogP contribution in [0.1, 0.15) is 31.0 Å². The number of hydrogen-bond acceptors (Lipinski definition) is 5. The minimum atomic E-state index is -0.445. The van der Waals surface area contributed by atoms with Gasteiger partial charge >= 0.3 is 0 Å². The predicted octanol–water partition coefficient (Wildman–Crippen LogP) is 1.51. The van der Waals surface area contributed by atoms with Gasteiger partial charge in [0.05, 0.1) is 9.75 Å². The van der Waals surface area contributed by atoms with E-state index in [0.29, 0.717) is 12.3 Å². The molecule has 5 nitrogen and oxygen atoms in total. The van der Waals surface area contributed by atoms with E-state index in [9.17, 15) is 9.59 Å². The van der Waals surface area contributed by atoms with Gasteiger partial charge in [0.2, 0.25) is 11.8 Å². The van der Waals surface area contributed by atoms with Crippen LogP contribution >= 0.6 is 23.1 Å². The number of rotatable bonds is 5. The van der Waals surface area contributed by atoms with Gasteiger partial charge in [0.15, 0.2) is 0 Å². The molecule has 7 heteroatoms. The zero-order chi connectivity index (χ0) is 15.5. The van der Waals surface area contributed by atoms with Crippen molar-refractivity contribution in [2.75, 3.05) is 12.3 Å². The lowest BCUT2D eigenvalue weighted by atomic mass is 10.1. The first-order chi connectivity index (χ1) is 9.88. The maximum atomic E-state index is 12.0. The molecule has 2 rings (SSSR count). The Morgan fingerprint density at radius 1 is 1.57 bits per heavy atom. The van der Waals surface area contributed by atoms with Crippen LogP contribution in [0.3, 0.4) is 0 Å². The third-order valence-electron chi connectivity index (χ3n) is 3.31. The molecule has 0 bridgehead atoms. The van der Waals surface area contributed by atoms with Crippen molar-refractivity contribution in [3.8, 4) is 0 Å². The van der Waals surface area contributed by atoms with Gasteiger partial charge in [-0.3, -0.25) is 9.59 Å². The van der Waals surface area contributed by atoms with E-state index >= 15 is 0 Å². The summed E-state index contributed by atoms with van der Waals surface area (Å²) in [7, 11) is 0. The van der Waals surface area contributed by atoms with E-state index in [1.165, 1.54) is 11.8 Å². The molecular weight excluding hydrogens is 306 g/mol. The van der Waals surface area contributed by atoms with Gasteiger partial charge < -0.3 is 10.6 Å². The number of nitrogens with zero attached hydrogens (tertiary/aromatic N) is 1. The number of nitrogens with one attached hydrogen (secondary N) is 2. The first-order valence-corrected chi connectivity index (χ1v) is 8.88. The third kappa shape index (κ3) is 4.44. The molecule has 1 aromatic rings. The minimum absolute atomic E-state index is 0.0721. The molecule has 1 aliphatic heterocycles. The zero-order valence-electron chi connectivity index (χ0n) is 12.6. The fourth-order valence-electron chi connectivity index (χ4n) is 1.96. The molecule has 0 spiro atoms. The number of hydrogen-bond donors (Lipinski definition) is 2. The Bertz CT molecular complexity index is 528. The molecule has 1 saturated heterocycles. The largest absolute Gasteiger partial charge is 0.354 e. The Labute approximate surface area is 133 Å². The van der Waals surface area contributed by atoms with Crippen LogP contribution < -0.4 is 10.6 Å². The highest BCUT2D eigenvalue weighted by Gasteiger charge is 2.37. The van der Waals surface area contributed by atoms with Crippen molar-refractivity contribution in [3.63, 3.8) is 0 Å². The van der Waals surface area contributed by atoms with Crippen molar-refractivity contribution in [1.82, 2.24) is 15.6 Å². The number of amides is 2. The van der Waals surface area contributed by atoms with Crippen molar-refractivity contribution in [2.45, 2.75) is 44.4 Å². The van der Waals surface area contributed by atoms with Crippen molar-refractivity contribution in [2.24, 2.45) is 0 Å². The predicted molar refractivity (Wildman–Crippen MR) is 86.6 cm³/mol. The van der Waals surface area contributed by atoms with Gasteiger partial charge in [0.25, 0.3) is 0 Å². The molecule has 0 radical (unpaired) electrons. The fraction of sp³-hybridized carbons (Fsp3) is 0.643. The molecule has 2 amide bonds. The number of carbonyl (C=O) groups is 2. The minimum Gasteiger partial charge on any atom is -0.354 e. The Morgan fingerprint density at radius 3 is 2.95 bits per heavy atom. The first kappa shape index (κ1) is 16.3. The molecule has 0 aromatic carbocycles. The van der Waals surface area contributed by atoms with Crippen molar-refractivity contribution < 1.29 is 9.59 Å². The first-order valence-electron chi connectivity index (χ1n) is 7.02. The Balaban J connectivity index is 1.69. The molecule has 116 valence electrons. The lowest BCUT2D eigenvalue weighted by Gasteiger charge is -2.32. The van der Waals surface area contributed by atoms with Crippen molar-refractivity contribution in [1.29, 1.82) is 0 Å². The lowest BCUT2D eigenvalue weighted by Crippen LogP contribution is -2.57. The second kappa shape index (κ2) is 6.79. The summed E-state index contributed by atoms with van der Waals surface area (Å²) in [6.45, 7) is 6.33. The Kier molecular flexibility index (Phi) is 5.27. The number of carbonyl (C=O) groups excluding carboxylic acids is 2. The van der Waals surface area contributed by atoms with Gasteiger partial charge in [-0.1, -0.05) is 0 Å². The lowest BCUT2D eigenvalue weighted by molar-refractivity contribution is -0.129. The molecule has 1 unspecified atom stereocenters. The van der Waals surface area contributed by atoms with E-state index in [-0.39, 0.29) is 11.8 Å². The molecule has 0 aliphatic carbocycles. The van der Waals surface area contributed by atoms with Crippen LogP contribution in [0.15, 0.2) is 5.38 Å². The van der Waals surface area contributed by atoms with Gasteiger partial charge in [-0.15, -0.1) is 23.1 Å². The SMILES string of the molecule is Cc1csc(CCCNC(=O)C2CSC(C)(C)C(=O)N2)n1. The van der Waals surface area contributed by atoms with Crippen LogP contribution in [0.2, 0.25) is 0 Å². The third-order valence-corrected chi connectivity index (χ3v) is 5.75. The summed E-state index contributed by atoms with van der Waals surface area (Å²) in [5, 5.41) is 8.81. The Morgan fingerprint density at radius 2 is 2.33 bits per heavy atom. The van der Waals surface area contributed by atoms with Crippen LogP contribution in [-0.2, 0) is 16.0 Å². The number of thiazole rings is 1. The average molecular weight is 327 g/mol. The van der Waals surface area contributed by atoms with Crippen LogP contribution in [-0.4, -0.2) is 39.9 Å². The molecular formula is C14H21N3O2S2. The van der Waals surface area contributed by atoms with Crippen molar-refractivity contribution in [3.05, 3.63) is 16.1 Å². The summed E-state index contributed by atoms with van der Waals surface area (Å²) in [6.07, 6.45) is 1.73. The van der Waals surface area contributed by atoms with E-state index in [4.69, 9.17) is 0 Å². The van der Waals surface area contributed by atoms with Gasteiger partial charge in [-0.2, -0.15) is 0 Å². The van der Waals surface area contributed by atoms with Gasteiger partial charge in [-0.25, -0.2) is 4.98 Å². The van der Waals surface area contributed by atoms with Crippen LogP contribution in [0.5, 0.6) is 0 Å². The summed E-state index contributed by atoms with van der Waals surface area (Å²) >= 11 is 3.17. The topological polar surface area (TPSA) is 71.1 Å². The monoisotopic (exact) mass is 327 g/mol. The van der Waals surface area contributed by atoms with E-state index in [1.54, 1.807) is 11.3 Å². The van der Waals surface area contributed by atoms with Crippen LogP contribution in [0.25, 0.3) is 0 Å². The molecule has 0 saturated carbocycles. The highest BCUT2D eigenvalue weighted by Crippen LogP contribution is 2.28. The molecule has 2 heterocycles. The highest BCUT2D eigenvalue weighted by atomic mass is 32.2. The molecule has 1 atom stereocenters. The quantitative estimate of drug-likeness (QED) is 0.804. The zero-order valence-corrected chi connectivity index (χ0v) is 14.2. The van der Waals surface area contributed by atoms with Crippen LogP contribution in [0, 0.1) is 6.92 Å². The second-order valence-electron chi connectivity index (χ2n) is 5.62.